The Kier molecular flexibility index (Phi) is 1.41. The first-order chi connectivity index (χ1) is 6.95. The summed E-state index contributed by atoms with van der Waals surface area (Å²) in [5, 5.41) is 4.15. The molecule has 0 aliphatic rings. The van der Waals surface area contributed by atoms with Crippen molar-refractivity contribution in [3.8, 4) is 5.69 Å². The molecule has 14 heavy (non-hydrogen) atoms. The smallest absolute Gasteiger partial charge is 0.182 e. The van der Waals surface area contributed by atoms with E-state index >= 15 is 0 Å². The van der Waals surface area contributed by atoms with Crippen LogP contribution < -0.4 is 0 Å². The zero-order valence-electron chi connectivity index (χ0n) is 7.29. The molecule has 0 aliphatic heterocycles. The van der Waals surface area contributed by atoms with Gasteiger partial charge in [0.15, 0.2) is 12.0 Å². The van der Waals surface area contributed by atoms with Crippen LogP contribution in [-0.2, 0) is 0 Å². The lowest BCUT2D eigenvalue weighted by atomic mass is 10.3. The Bertz CT molecular complexity index is 554. The van der Waals surface area contributed by atoms with Gasteiger partial charge in [0.1, 0.15) is 11.2 Å². The molecule has 0 fully saturated rings. The molecule has 0 radical (unpaired) electrons. The fraction of sp³-hybridized carbons (Fsp3) is 0. The highest BCUT2D eigenvalue weighted by Gasteiger charge is 2.05. The molecule has 2 heterocycles. The SMILES string of the molecule is c1cc(-n2cccn2)c2ocnc2c1. The summed E-state index contributed by atoms with van der Waals surface area (Å²) < 4.78 is 7.06. The Balaban J connectivity index is 2.36. The van der Waals surface area contributed by atoms with Crippen LogP contribution >= 0.6 is 0 Å². The van der Waals surface area contributed by atoms with Gasteiger partial charge in [-0.05, 0) is 18.2 Å². The zero-order valence-corrected chi connectivity index (χ0v) is 7.29. The quantitative estimate of drug-likeness (QED) is 0.582. The summed E-state index contributed by atoms with van der Waals surface area (Å²) in [6, 6.07) is 7.66. The van der Waals surface area contributed by atoms with Crippen LogP contribution in [0, 0.1) is 0 Å². The lowest BCUT2D eigenvalue weighted by Crippen LogP contribution is -1.93. The molecule has 0 aliphatic carbocycles. The van der Waals surface area contributed by atoms with Crippen LogP contribution in [0.3, 0.4) is 0 Å². The second-order valence-corrected chi connectivity index (χ2v) is 2.93. The summed E-state index contributed by atoms with van der Waals surface area (Å²) in [5.74, 6) is 0. The number of oxazole rings is 1. The van der Waals surface area contributed by atoms with Gasteiger partial charge in [-0.1, -0.05) is 6.07 Å². The molecule has 0 bridgehead atoms. The van der Waals surface area contributed by atoms with Crippen molar-refractivity contribution in [2.75, 3.05) is 0 Å². The van der Waals surface area contributed by atoms with Gasteiger partial charge in [0.2, 0.25) is 0 Å². The van der Waals surface area contributed by atoms with Crippen molar-refractivity contribution in [2.45, 2.75) is 0 Å². The molecule has 3 aromatic rings. The molecule has 3 rings (SSSR count). The number of rotatable bonds is 1. The molecule has 0 atom stereocenters. The maximum absolute atomic E-state index is 5.30. The Morgan fingerprint density at radius 2 is 2.21 bits per heavy atom. The van der Waals surface area contributed by atoms with E-state index < -0.39 is 0 Å². The topological polar surface area (TPSA) is 43.9 Å². The molecule has 0 spiro atoms. The lowest BCUT2D eigenvalue weighted by molar-refractivity contribution is 0.598. The molecule has 0 N–H and O–H groups in total. The second kappa shape index (κ2) is 2.70. The second-order valence-electron chi connectivity index (χ2n) is 2.93. The first kappa shape index (κ1) is 7.32. The van der Waals surface area contributed by atoms with Crippen molar-refractivity contribution in [2.24, 2.45) is 0 Å². The van der Waals surface area contributed by atoms with Crippen LogP contribution in [0.25, 0.3) is 16.8 Å². The number of fused-ring (bicyclic) bond motifs is 1. The maximum atomic E-state index is 5.30. The molecule has 0 saturated carbocycles. The van der Waals surface area contributed by atoms with Crippen molar-refractivity contribution in [1.82, 2.24) is 14.8 Å². The molecule has 4 heteroatoms. The van der Waals surface area contributed by atoms with Gasteiger partial charge in [-0.2, -0.15) is 5.10 Å². The Morgan fingerprint density at radius 1 is 1.21 bits per heavy atom. The van der Waals surface area contributed by atoms with E-state index in [4.69, 9.17) is 4.42 Å². The molecule has 1 aromatic carbocycles. The zero-order chi connectivity index (χ0) is 9.38. The third-order valence-corrected chi connectivity index (χ3v) is 2.09. The monoisotopic (exact) mass is 185 g/mol. The molecule has 68 valence electrons. The third-order valence-electron chi connectivity index (χ3n) is 2.09. The van der Waals surface area contributed by atoms with Crippen LogP contribution in [0.4, 0.5) is 0 Å². The summed E-state index contributed by atoms with van der Waals surface area (Å²) in [5.41, 5.74) is 2.51. The summed E-state index contributed by atoms with van der Waals surface area (Å²) in [4.78, 5) is 4.08. The average molecular weight is 185 g/mol. The predicted octanol–water partition coefficient (Wildman–Crippen LogP) is 2.01. The van der Waals surface area contributed by atoms with Gasteiger partial charge in [-0.15, -0.1) is 0 Å². The van der Waals surface area contributed by atoms with E-state index in [1.165, 1.54) is 6.39 Å². The highest BCUT2D eigenvalue weighted by Crippen LogP contribution is 2.19. The van der Waals surface area contributed by atoms with E-state index in [9.17, 15) is 0 Å². The van der Waals surface area contributed by atoms with Crippen molar-refractivity contribution in [3.05, 3.63) is 43.1 Å². The van der Waals surface area contributed by atoms with Gasteiger partial charge >= 0.3 is 0 Å². The van der Waals surface area contributed by atoms with Crippen LogP contribution in [0.2, 0.25) is 0 Å². The van der Waals surface area contributed by atoms with Gasteiger partial charge in [0.25, 0.3) is 0 Å². The minimum Gasteiger partial charge on any atom is -0.441 e. The maximum Gasteiger partial charge on any atom is 0.182 e. The first-order valence-electron chi connectivity index (χ1n) is 4.27. The van der Waals surface area contributed by atoms with E-state index in [1.54, 1.807) is 10.9 Å². The minimum atomic E-state index is 0.760. The first-order valence-corrected chi connectivity index (χ1v) is 4.27. The number of hydrogen-bond acceptors (Lipinski definition) is 3. The van der Waals surface area contributed by atoms with Gasteiger partial charge < -0.3 is 4.42 Å². The summed E-state index contributed by atoms with van der Waals surface area (Å²) in [6.07, 6.45) is 5.05. The minimum absolute atomic E-state index is 0.760. The Morgan fingerprint density at radius 3 is 3.07 bits per heavy atom. The van der Waals surface area contributed by atoms with Crippen LogP contribution in [0.5, 0.6) is 0 Å². The normalized spacial score (nSPS) is 10.9. The standard InChI is InChI=1S/C10H7N3O/c1-3-8-10(14-7-11-8)9(4-1)13-6-2-5-12-13/h1-7H. The van der Waals surface area contributed by atoms with E-state index in [2.05, 4.69) is 10.1 Å². The molecule has 2 aromatic heterocycles. The Labute approximate surface area is 79.8 Å². The molecule has 0 saturated heterocycles. The largest absolute Gasteiger partial charge is 0.441 e. The molecular formula is C10H7N3O. The summed E-state index contributed by atoms with van der Waals surface area (Å²) in [6.45, 7) is 0. The van der Waals surface area contributed by atoms with E-state index in [-0.39, 0.29) is 0 Å². The van der Waals surface area contributed by atoms with E-state index in [0.717, 1.165) is 16.8 Å². The van der Waals surface area contributed by atoms with Gasteiger partial charge in [0.05, 0.1) is 0 Å². The third kappa shape index (κ3) is 0.939. The molecule has 4 nitrogen and oxygen atoms in total. The fourth-order valence-electron chi connectivity index (χ4n) is 1.46. The average Bonchev–Trinajstić information content (AvgIpc) is 2.88. The number of para-hydroxylation sites is 1. The molecular weight excluding hydrogens is 178 g/mol. The van der Waals surface area contributed by atoms with Gasteiger partial charge in [-0.3, -0.25) is 0 Å². The molecule has 0 amide bonds. The van der Waals surface area contributed by atoms with E-state index in [1.807, 2.05) is 30.5 Å². The summed E-state index contributed by atoms with van der Waals surface area (Å²) >= 11 is 0. The van der Waals surface area contributed by atoms with E-state index in [0.29, 0.717) is 0 Å². The van der Waals surface area contributed by atoms with Crippen LogP contribution in [0.1, 0.15) is 0 Å². The van der Waals surface area contributed by atoms with Crippen LogP contribution in [-0.4, -0.2) is 14.8 Å². The summed E-state index contributed by atoms with van der Waals surface area (Å²) in [7, 11) is 0. The number of aromatic nitrogens is 3. The van der Waals surface area contributed by atoms with Gasteiger partial charge in [0, 0.05) is 12.4 Å². The molecule has 0 unspecified atom stereocenters. The van der Waals surface area contributed by atoms with Crippen molar-refractivity contribution < 1.29 is 4.42 Å². The van der Waals surface area contributed by atoms with Gasteiger partial charge in [-0.25, -0.2) is 9.67 Å². The number of nitrogens with zero attached hydrogens (tertiary/aromatic N) is 3. The highest BCUT2D eigenvalue weighted by atomic mass is 16.3. The van der Waals surface area contributed by atoms with Crippen molar-refractivity contribution in [1.29, 1.82) is 0 Å². The van der Waals surface area contributed by atoms with Crippen LogP contribution in [0.15, 0.2) is 47.5 Å². The fourth-order valence-corrected chi connectivity index (χ4v) is 1.46. The lowest BCUT2D eigenvalue weighted by Gasteiger charge is -1.99. The highest BCUT2D eigenvalue weighted by molar-refractivity contribution is 5.80. The van der Waals surface area contributed by atoms with Crippen molar-refractivity contribution >= 4 is 11.1 Å². The van der Waals surface area contributed by atoms with Crippen molar-refractivity contribution in [3.63, 3.8) is 0 Å². The number of hydrogen-bond donors (Lipinski definition) is 0. The predicted molar refractivity (Wildman–Crippen MR) is 51.1 cm³/mol. The number of benzene rings is 1. The Hall–Kier alpha value is -2.10.